The van der Waals surface area contributed by atoms with E-state index in [4.69, 9.17) is 11.6 Å². The molecule has 0 fully saturated rings. The molecule has 0 saturated carbocycles. The molecule has 2 aromatic carbocycles. The molecule has 0 saturated heterocycles. The van der Waals surface area contributed by atoms with Crippen molar-refractivity contribution in [2.24, 2.45) is 5.92 Å². The van der Waals surface area contributed by atoms with E-state index in [1.165, 1.54) is 0 Å². The predicted octanol–water partition coefficient (Wildman–Crippen LogP) is 4.08. The SMILES string of the molecule is CC(C)[C@@H](NC(=O)Nc1ccccc1Cl)C(=O)N1CCc2ccccc21. The van der Waals surface area contributed by atoms with Crippen molar-refractivity contribution in [1.82, 2.24) is 5.32 Å². The van der Waals surface area contributed by atoms with Gasteiger partial charge in [-0.25, -0.2) is 4.79 Å². The molecule has 26 heavy (non-hydrogen) atoms. The minimum Gasteiger partial charge on any atom is -0.326 e. The summed E-state index contributed by atoms with van der Waals surface area (Å²) in [5.41, 5.74) is 2.59. The fraction of sp³-hybridized carbons (Fsp3) is 0.300. The van der Waals surface area contributed by atoms with Crippen LogP contribution in [0.5, 0.6) is 0 Å². The molecule has 1 aliphatic heterocycles. The largest absolute Gasteiger partial charge is 0.326 e. The minimum absolute atomic E-state index is 0.0488. The second kappa shape index (κ2) is 7.79. The molecular formula is C20H22ClN3O2. The van der Waals surface area contributed by atoms with Crippen molar-refractivity contribution in [1.29, 1.82) is 0 Å². The van der Waals surface area contributed by atoms with E-state index in [0.29, 0.717) is 17.3 Å². The van der Waals surface area contributed by atoms with E-state index in [-0.39, 0.29) is 11.8 Å². The molecule has 3 rings (SSSR count). The normalized spacial score (nSPS) is 14.1. The first-order chi connectivity index (χ1) is 12.5. The number of carbonyl (C=O) groups excluding carboxylic acids is 2. The fourth-order valence-electron chi connectivity index (χ4n) is 3.11. The Balaban J connectivity index is 1.72. The van der Waals surface area contributed by atoms with E-state index in [0.717, 1.165) is 17.7 Å². The molecule has 1 aliphatic rings. The summed E-state index contributed by atoms with van der Waals surface area (Å²) in [4.78, 5) is 27.2. The van der Waals surface area contributed by atoms with Gasteiger partial charge in [0.2, 0.25) is 5.91 Å². The van der Waals surface area contributed by atoms with Crippen molar-refractivity contribution in [2.45, 2.75) is 26.3 Å². The van der Waals surface area contributed by atoms with Gasteiger partial charge in [0.1, 0.15) is 6.04 Å². The molecule has 136 valence electrons. The predicted molar refractivity (Wildman–Crippen MR) is 105 cm³/mol. The molecule has 0 aromatic heterocycles. The highest BCUT2D eigenvalue weighted by atomic mass is 35.5. The second-order valence-corrected chi connectivity index (χ2v) is 7.08. The number of hydrogen-bond acceptors (Lipinski definition) is 2. The number of anilines is 2. The van der Waals surface area contributed by atoms with Crippen molar-refractivity contribution in [3.63, 3.8) is 0 Å². The Morgan fingerprint density at radius 2 is 1.77 bits per heavy atom. The monoisotopic (exact) mass is 371 g/mol. The smallest absolute Gasteiger partial charge is 0.319 e. The molecule has 0 radical (unpaired) electrons. The van der Waals surface area contributed by atoms with Gasteiger partial charge < -0.3 is 15.5 Å². The van der Waals surface area contributed by atoms with Gasteiger partial charge in [0, 0.05) is 12.2 Å². The number of hydrogen-bond donors (Lipinski definition) is 2. The van der Waals surface area contributed by atoms with Crippen LogP contribution in [-0.4, -0.2) is 24.5 Å². The Hall–Kier alpha value is -2.53. The van der Waals surface area contributed by atoms with Crippen LogP contribution in [0.1, 0.15) is 19.4 Å². The van der Waals surface area contributed by atoms with E-state index in [1.807, 2.05) is 38.1 Å². The highest BCUT2D eigenvalue weighted by molar-refractivity contribution is 6.33. The molecular weight excluding hydrogens is 350 g/mol. The molecule has 1 heterocycles. The third-order valence-electron chi connectivity index (χ3n) is 4.49. The lowest BCUT2D eigenvalue weighted by Crippen LogP contribution is -2.52. The number of urea groups is 1. The van der Waals surface area contributed by atoms with Crippen molar-refractivity contribution in [3.05, 3.63) is 59.1 Å². The van der Waals surface area contributed by atoms with Gasteiger partial charge in [-0.15, -0.1) is 0 Å². The highest BCUT2D eigenvalue weighted by Gasteiger charge is 2.32. The lowest BCUT2D eigenvalue weighted by atomic mass is 10.0. The lowest BCUT2D eigenvalue weighted by molar-refractivity contribution is -0.121. The van der Waals surface area contributed by atoms with Crippen LogP contribution in [0, 0.1) is 5.92 Å². The van der Waals surface area contributed by atoms with Crippen LogP contribution < -0.4 is 15.5 Å². The van der Waals surface area contributed by atoms with Crippen molar-refractivity contribution in [2.75, 3.05) is 16.8 Å². The molecule has 0 aliphatic carbocycles. The van der Waals surface area contributed by atoms with Gasteiger partial charge in [-0.05, 0) is 36.1 Å². The van der Waals surface area contributed by atoms with E-state index in [9.17, 15) is 9.59 Å². The topological polar surface area (TPSA) is 61.4 Å². The van der Waals surface area contributed by atoms with E-state index in [2.05, 4.69) is 10.6 Å². The summed E-state index contributed by atoms with van der Waals surface area (Å²) in [6.45, 7) is 4.47. The minimum atomic E-state index is -0.622. The Morgan fingerprint density at radius 3 is 2.50 bits per heavy atom. The molecule has 0 unspecified atom stereocenters. The Kier molecular flexibility index (Phi) is 5.47. The second-order valence-electron chi connectivity index (χ2n) is 6.67. The first-order valence-electron chi connectivity index (χ1n) is 8.68. The summed E-state index contributed by atoms with van der Waals surface area (Å²) < 4.78 is 0. The summed E-state index contributed by atoms with van der Waals surface area (Å²) in [7, 11) is 0. The number of rotatable bonds is 4. The number of para-hydroxylation sites is 2. The number of fused-ring (bicyclic) bond motifs is 1. The Bertz CT molecular complexity index is 822. The molecule has 3 amide bonds. The molecule has 1 atom stereocenters. The number of carbonyl (C=O) groups is 2. The first kappa shape index (κ1) is 18.3. The highest BCUT2D eigenvalue weighted by Crippen LogP contribution is 2.28. The zero-order chi connectivity index (χ0) is 18.7. The zero-order valence-electron chi connectivity index (χ0n) is 14.8. The fourth-order valence-corrected chi connectivity index (χ4v) is 3.29. The van der Waals surface area contributed by atoms with Crippen LogP contribution in [-0.2, 0) is 11.2 Å². The number of benzene rings is 2. The maximum Gasteiger partial charge on any atom is 0.319 e. The molecule has 6 heteroatoms. The van der Waals surface area contributed by atoms with E-state index in [1.54, 1.807) is 29.2 Å². The zero-order valence-corrected chi connectivity index (χ0v) is 15.6. The van der Waals surface area contributed by atoms with Gasteiger partial charge in [0.25, 0.3) is 0 Å². The summed E-state index contributed by atoms with van der Waals surface area (Å²) in [6.07, 6.45) is 0.832. The Labute approximate surface area is 158 Å². The number of amides is 3. The Morgan fingerprint density at radius 1 is 1.08 bits per heavy atom. The number of halogens is 1. The van der Waals surface area contributed by atoms with Gasteiger partial charge in [-0.3, -0.25) is 4.79 Å². The lowest BCUT2D eigenvalue weighted by Gasteiger charge is -2.27. The van der Waals surface area contributed by atoms with Gasteiger partial charge in [0.05, 0.1) is 10.7 Å². The van der Waals surface area contributed by atoms with Gasteiger partial charge in [-0.1, -0.05) is 55.8 Å². The maximum atomic E-state index is 13.1. The molecule has 5 nitrogen and oxygen atoms in total. The van der Waals surface area contributed by atoms with Crippen LogP contribution in [0.15, 0.2) is 48.5 Å². The van der Waals surface area contributed by atoms with Gasteiger partial charge >= 0.3 is 6.03 Å². The van der Waals surface area contributed by atoms with E-state index < -0.39 is 12.1 Å². The summed E-state index contributed by atoms with van der Waals surface area (Å²) in [5, 5.41) is 5.95. The van der Waals surface area contributed by atoms with E-state index >= 15 is 0 Å². The average molecular weight is 372 g/mol. The summed E-state index contributed by atoms with van der Waals surface area (Å²) >= 11 is 6.07. The standard InChI is InChI=1S/C20H22ClN3O2/c1-13(2)18(23-20(26)22-16-9-5-4-8-15(16)21)19(25)24-12-11-14-7-3-6-10-17(14)24/h3-10,13,18H,11-12H2,1-2H3,(H2,22,23,26)/t18-/m1/s1. The third kappa shape index (κ3) is 3.83. The summed E-state index contributed by atoms with van der Waals surface area (Å²) in [5.74, 6) is -0.147. The quantitative estimate of drug-likeness (QED) is 0.850. The molecule has 0 spiro atoms. The number of nitrogens with zero attached hydrogens (tertiary/aromatic N) is 1. The third-order valence-corrected chi connectivity index (χ3v) is 4.82. The summed E-state index contributed by atoms with van der Waals surface area (Å²) in [6, 6.07) is 13.8. The first-order valence-corrected chi connectivity index (χ1v) is 9.06. The van der Waals surface area contributed by atoms with Crippen LogP contribution in [0.4, 0.5) is 16.2 Å². The number of nitrogens with one attached hydrogen (secondary N) is 2. The molecule has 2 aromatic rings. The van der Waals surface area contributed by atoms with Crippen LogP contribution in [0.25, 0.3) is 0 Å². The van der Waals surface area contributed by atoms with Crippen molar-refractivity contribution in [3.8, 4) is 0 Å². The van der Waals surface area contributed by atoms with Gasteiger partial charge in [0.15, 0.2) is 0 Å². The molecule has 2 N–H and O–H groups in total. The maximum absolute atomic E-state index is 13.1. The van der Waals surface area contributed by atoms with Crippen molar-refractivity contribution >= 4 is 34.9 Å². The van der Waals surface area contributed by atoms with Crippen LogP contribution >= 0.6 is 11.6 Å². The van der Waals surface area contributed by atoms with Crippen LogP contribution in [0.3, 0.4) is 0 Å². The van der Waals surface area contributed by atoms with Crippen LogP contribution in [0.2, 0.25) is 5.02 Å². The van der Waals surface area contributed by atoms with Crippen molar-refractivity contribution < 1.29 is 9.59 Å². The average Bonchev–Trinajstić information content (AvgIpc) is 3.05. The van der Waals surface area contributed by atoms with Gasteiger partial charge in [-0.2, -0.15) is 0 Å². The molecule has 0 bridgehead atoms.